The highest BCUT2D eigenvalue weighted by atomic mass is 79.9. The normalized spacial score (nSPS) is 16.5. The van der Waals surface area contributed by atoms with Gasteiger partial charge in [-0.05, 0) is 54.8 Å². The van der Waals surface area contributed by atoms with Crippen LogP contribution in [0, 0.1) is 12.8 Å². The van der Waals surface area contributed by atoms with E-state index in [1.807, 2.05) is 26.0 Å². The van der Waals surface area contributed by atoms with Gasteiger partial charge in [0, 0.05) is 17.6 Å². The van der Waals surface area contributed by atoms with Crippen LogP contribution in [0.1, 0.15) is 25.5 Å². The SMILES string of the molecule is CCOC(=O)C1CCN(c2ccc(Br)c(C)n2)CC1. The van der Waals surface area contributed by atoms with Crippen molar-refractivity contribution in [3.05, 3.63) is 22.3 Å². The maximum atomic E-state index is 11.7. The van der Waals surface area contributed by atoms with Gasteiger partial charge in [-0.1, -0.05) is 0 Å². The summed E-state index contributed by atoms with van der Waals surface area (Å²) in [4.78, 5) is 18.5. The van der Waals surface area contributed by atoms with E-state index in [1.165, 1.54) is 0 Å². The van der Waals surface area contributed by atoms with Gasteiger partial charge >= 0.3 is 5.97 Å². The molecule has 0 radical (unpaired) electrons. The Hall–Kier alpha value is -1.10. The monoisotopic (exact) mass is 326 g/mol. The molecule has 2 heterocycles. The zero-order chi connectivity index (χ0) is 13.8. The minimum atomic E-state index is -0.0536. The van der Waals surface area contributed by atoms with Crippen molar-refractivity contribution in [1.29, 1.82) is 0 Å². The fourth-order valence-electron chi connectivity index (χ4n) is 2.31. The molecule has 1 aromatic heterocycles. The van der Waals surface area contributed by atoms with Gasteiger partial charge in [-0.15, -0.1) is 0 Å². The van der Waals surface area contributed by atoms with E-state index in [1.54, 1.807) is 0 Å². The number of piperidine rings is 1. The Morgan fingerprint density at radius 3 is 2.74 bits per heavy atom. The van der Waals surface area contributed by atoms with Gasteiger partial charge in [0.25, 0.3) is 0 Å². The summed E-state index contributed by atoms with van der Waals surface area (Å²) in [6, 6.07) is 4.04. The number of anilines is 1. The smallest absolute Gasteiger partial charge is 0.309 e. The number of nitrogens with zero attached hydrogens (tertiary/aromatic N) is 2. The molecular formula is C14H19BrN2O2. The number of hydrogen-bond acceptors (Lipinski definition) is 4. The van der Waals surface area contributed by atoms with Crippen molar-refractivity contribution in [2.45, 2.75) is 26.7 Å². The van der Waals surface area contributed by atoms with Crippen LogP contribution in [0.4, 0.5) is 5.82 Å². The molecule has 0 aliphatic carbocycles. The van der Waals surface area contributed by atoms with E-state index >= 15 is 0 Å². The van der Waals surface area contributed by atoms with Crippen molar-refractivity contribution < 1.29 is 9.53 Å². The fraction of sp³-hybridized carbons (Fsp3) is 0.571. The molecular weight excluding hydrogens is 308 g/mol. The second kappa shape index (κ2) is 6.37. The van der Waals surface area contributed by atoms with Crippen LogP contribution < -0.4 is 4.90 Å². The average Bonchev–Trinajstić information content (AvgIpc) is 2.42. The van der Waals surface area contributed by atoms with Gasteiger partial charge in [-0.3, -0.25) is 4.79 Å². The largest absolute Gasteiger partial charge is 0.466 e. The highest BCUT2D eigenvalue weighted by molar-refractivity contribution is 9.10. The molecule has 19 heavy (non-hydrogen) atoms. The summed E-state index contributed by atoms with van der Waals surface area (Å²) in [5, 5.41) is 0. The standard InChI is InChI=1S/C14H19BrN2O2/c1-3-19-14(18)11-6-8-17(9-7-11)13-5-4-12(15)10(2)16-13/h4-5,11H,3,6-9H2,1-2H3. The number of aryl methyl sites for hydroxylation is 1. The van der Waals surface area contributed by atoms with Crippen LogP contribution >= 0.6 is 15.9 Å². The molecule has 5 heteroatoms. The maximum absolute atomic E-state index is 11.7. The molecule has 0 spiro atoms. The summed E-state index contributed by atoms with van der Waals surface area (Å²) in [6.45, 7) is 6.02. The minimum absolute atomic E-state index is 0.0488. The first-order valence-corrected chi connectivity index (χ1v) is 7.46. The number of pyridine rings is 1. The van der Waals surface area contributed by atoms with E-state index in [0.29, 0.717) is 6.61 Å². The third-order valence-corrected chi connectivity index (χ3v) is 4.28. The Kier molecular flexibility index (Phi) is 4.80. The number of halogens is 1. The molecule has 0 saturated carbocycles. The van der Waals surface area contributed by atoms with Crippen LogP contribution in [-0.4, -0.2) is 30.6 Å². The Morgan fingerprint density at radius 2 is 2.16 bits per heavy atom. The maximum Gasteiger partial charge on any atom is 0.309 e. The molecule has 0 unspecified atom stereocenters. The lowest BCUT2D eigenvalue weighted by Crippen LogP contribution is -2.37. The quantitative estimate of drug-likeness (QED) is 0.801. The fourth-order valence-corrected chi connectivity index (χ4v) is 2.53. The van der Waals surface area contributed by atoms with E-state index < -0.39 is 0 Å². The van der Waals surface area contributed by atoms with Crippen LogP contribution in [0.2, 0.25) is 0 Å². The summed E-state index contributed by atoms with van der Waals surface area (Å²) in [5.74, 6) is 0.984. The Morgan fingerprint density at radius 1 is 1.47 bits per heavy atom. The molecule has 1 aliphatic heterocycles. The molecule has 0 N–H and O–H groups in total. The summed E-state index contributed by atoms with van der Waals surface area (Å²) in [6.07, 6.45) is 1.69. The average molecular weight is 327 g/mol. The van der Waals surface area contributed by atoms with E-state index in [4.69, 9.17) is 4.74 Å². The predicted molar refractivity (Wildman–Crippen MR) is 78.2 cm³/mol. The van der Waals surface area contributed by atoms with Crippen LogP contribution in [0.3, 0.4) is 0 Å². The molecule has 1 aromatic rings. The molecule has 1 saturated heterocycles. The first kappa shape index (κ1) is 14.3. The highest BCUT2D eigenvalue weighted by Crippen LogP contribution is 2.25. The van der Waals surface area contributed by atoms with Crippen molar-refractivity contribution >= 4 is 27.7 Å². The zero-order valence-corrected chi connectivity index (χ0v) is 12.9. The number of carbonyl (C=O) groups is 1. The van der Waals surface area contributed by atoms with Crippen LogP contribution in [0.25, 0.3) is 0 Å². The van der Waals surface area contributed by atoms with Crippen LogP contribution in [-0.2, 0) is 9.53 Å². The van der Waals surface area contributed by atoms with Crippen molar-refractivity contribution in [3.8, 4) is 0 Å². The van der Waals surface area contributed by atoms with Gasteiger partial charge in [0.2, 0.25) is 0 Å². The van der Waals surface area contributed by atoms with Crippen LogP contribution in [0.5, 0.6) is 0 Å². The zero-order valence-electron chi connectivity index (χ0n) is 11.4. The van der Waals surface area contributed by atoms with Gasteiger partial charge in [0.05, 0.1) is 18.2 Å². The molecule has 1 aliphatic rings. The van der Waals surface area contributed by atoms with Crippen molar-refractivity contribution in [3.63, 3.8) is 0 Å². The second-order valence-corrected chi connectivity index (χ2v) is 5.60. The van der Waals surface area contributed by atoms with Gasteiger partial charge < -0.3 is 9.64 Å². The topological polar surface area (TPSA) is 42.4 Å². The van der Waals surface area contributed by atoms with E-state index in [0.717, 1.165) is 41.9 Å². The van der Waals surface area contributed by atoms with Gasteiger partial charge in [0.1, 0.15) is 5.82 Å². The lowest BCUT2D eigenvalue weighted by atomic mass is 9.97. The molecule has 2 rings (SSSR count). The second-order valence-electron chi connectivity index (χ2n) is 4.75. The van der Waals surface area contributed by atoms with Crippen molar-refractivity contribution in [2.24, 2.45) is 5.92 Å². The lowest BCUT2D eigenvalue weighted by molar-refractivity contribution is -0.148. The van der Waals surface area contributed by atoms with Gasteiger partial charge in [0.15, 0.2) is 0 Å². The molecule has 0 bridgehead atoms. The first-order valence-electron chi connectivity index (χ1n) is 6.66. The van der Waals surface area contributed by atoms with Gasteiger partial charge in [-0.25, -0.2) is 4.98 Å². The molecule has 0 atom stereocenters. The van der Waals surface area contributed by atoms with E-state index in [9.17, 15) is 4.79 Å². The Balaban J connectivity index is 1.96. The highest BCUT2D eigenvalue weighted by Gasteiger charge is 2.26. The number of carbonyl (C=O) groups excluding carboxylic acids is 1. The lowest BCUT2D eigenvalue weighted by Gasteiger charge is -2.31. The number of ether oxygens (including phenoxy) is 1. The van der Waals surface area contributed by atoms with Crippen molar-refractivity contribution in [1.82, 2.24) is 4.98 Å². The third-order valence-electron chi connectivity index (χ3n) is 3.45. The number of aromatic nitrogens is 1. The minimum Gasteiger partial charge on any atom is -0.466 e. The number of rotatable bonds is 3. The summed E-state index contributed by atoms with van der Waals surface area (Å²) in [7, 11) is 0. The molecule has 104 valence electrons. The molecule has 0 amide bonds. The first-order chi connectivity index (χ1) is 9.11. The van der Waals surface area contributed by atoms with Gasteiger partial charge in [-0.2, -0.15) is 0 Å². The molecule has 4 nitrogen and oxygen atoms in total. The van der Waals surface area contributed by atoms with Crippen LogP contribution in [0.15, 0.2) is 16.6 Å². The third kappa shape index (κ3) is 3.47. The molecule has 1 fully saturated rings. The summed E-state index contributed by atoms with van der Waals surface area (Å²) >= 11 is 3.46. The van der Waals surface area contributed by atoms with E-state index in [-0.39, 0.29) is 11.9 Å². The summed E-state index contributed by atoms with van der Waals surface area (Å²) in [5.41, 5.74) is 0.991. The van der Waals surface area contributed by atoms with Crippen molar-refractivity contribution in [2.75, 3.05) is 24.6 Å². The number of hydrogen-bond donors (Lipinski definition) is 0. The number of esters is 1. The predicted octanol–water partition coefficient (Wildman–Crippen LogP) is 2.93. The van der Waals surface area contributed by atoms with E-state index in [2.05, 4.69) is 25.8 Å². The summed E-state index contributed by atoms with van der Waals surface area (Å²) < 4.78 is 6.10. The molecule has 0 aromatic carbocycles. The Bertz CT molecular complexity index is 457. The Labute approximate surface area is 122 Å².